The van der Waals surface area contributed by atoms with Gasteiger partial charge in [-0.15, -0.1) is 0 Å². The highest BCUT2D eigenvalue weighted by molar-refractivity contribution is 6.04. The van der Waals surface area contributed by atoms with Crippen molar-refractivity contribution in [1.82, 2.24) is 0 Å². The second kappa shape index (κ2) is 5.79. The number of benzene rings is 2. The Hall–Kier alpha value is -2.27. The van der Waals surface area contributed by atoms with Gasteiger partial charge in [-0.1, -0.05) is 12.1 Å². The van der Waals surface area contributed by atoms with Gasteiger partial charge in [-0.2, -0.15) is 0 Å². The van der Waals surface area contributed by atoms with Crippen molar-refractivity contribution < 1.29 is 13.6 Å². The zero-order valence-corrected chi connectivity index (χ0v) is 10.9. The van der Waals surface area contributed by atoms with Crippen molar-refractivity contribution >= 4 is 11.6 Å². The van der Waals surface area contributed by atoms with Crippen LogP contribution in [-0.4, -0.2) is 5.91 Å². The quantitative estimate of drug-likeness (QED) is 0.905. The summed E-state index contributed by atoms with van der Waals surface area (Å²) in [6, 6.07) is 8.48. The van der Waals surface area contributed by atoms with Crippen molar-refractivity contribution in [3.8, 4) is 0 Å². The lowest BCUT2D eigenvalue weighted by molar-refractivity contribution is 0.102. The molecule has 0 aliphatic carbocycles. The van der Waals surface area contributed by atoms with Crippen LogP contribution in [0.25, 0.3) is 0 Å². The maximum Gasteiger partial charge on any atom is 0.255 e. The predicted octanol–water partition coefficient (Wildman–Crippen LogP) is 2.98. The van der Waals surface area contributed by atoms with Crippen LogP contribution in [0.15, 0.2) is 36.4 Å². The molecule has 0 aliphatic heterocycles. The molecule has 0 aliphatic rings. The van der Waals surface area contributed by atoms with Crippen LogP contribution in [0.3, 0.4) is 0 Å². The number of nitrogens with one attached hydrogen (secondary N) is 1. The Labute approximate surface area is 115 Å². The molecule has 0 bridgehead atoms. The highest BCUT2D eigenvalue weighted by Gasteiger charge is 2.11. The van der Waals surface area contributed by atoms with E-state index in [4.69, 9.17) is 5.73 Å². The Morgan fingerprint density at radius 1 is 1.15 bits per heavy atom. The van der Waals surface area contributed by atoms with Gasteiger partial charge in [0.15, 0.2) is 11.6 Å². The molecule has 104 valence electrons. The van der Waals surface area contributed by atoms with E-state index in [9.17, 15) is 13.6 Å². The Morgan fingerprint density at radius 2 is 1.90 bits per heavy atom. The molecular weight excluding hydrogens is 262 g/mol. The molecule has 0 radical (unpaired) electrons. The van der Waals surface area contributed by atoms with Crippen LogP contribution < -0.4 is 11.1 Å². The first-order valence-electron chi connectivity index (χ1n) is 6.07. The molecule has 0 heterocycles. The van der Waals surface area contributed by atoms with Gasteiger partial charge >= 0.3 is 0 Å². The smallest absolute Gasteiger partial charge is 0.255 e. The number of aryl methyl sites for hydroxylation is 1. The molecule has 2 rings (SSSR count). The van der Waals surface area contributed by atoms with E-state index in [2.05, 4.69) is 5.32 Å². The van der Waals surface area contributed by atoms with Gasteiger partial charge in [0.05, 0.1) is 0 Å². The zero-order valence-electron chi connectivity index (χ0n) is 10.9. The number of anilines is 1. The van der Waals surface area contributed by atoms with Gasteiger partial charge in [0.25, 0.3) is 5.91 Å². The molecule has 0 fully saturated rings. The van der Waals surface area contributed by atoms with Crippen molar-refractivity contribution in [2.24, 2.45) is 5.73 Å². The number of amides is 1. The number of hydrogen-bond acceptors (Lipinski definition) is 2. The SMILES string of the molecule is Cc1ccc(CN)cc1NC(=O)c1ccc(F)c(F)c1. The number of carbonyl (C=O) groups excluding carboxylic acids is 1. The first kappa shape index (κ1) is 14.1. The van der Waals surface area contributed by atoms with Crippen molar-refractivity contribution in [3.63, 3.8) is 0 Å². The van der Waals surface area contributed by atoms with Crippen LogP contribution in [0.4, 0.5) is 14.5 Å². The van der Waals surface area contributed by atoms with Crippen molar-refractivity contribution in [2.45, 2.75) is 13.5 Å². The van der Waals surface area contributed by atoms with Gasteiger partial charge in [-0.3, -0.25) is 4.79 Å². The molecule has 20 heavy (non-hydrogen) atoms. The number of carbonyl (C=O) groups is 1. The van der Waals surface area contributed by atoms with Gasteiger partial charge in [0.2, 0.25) is 0 Å². The monoisotopic (exact) mass is 276 g/mol. The van der Waals surface area contributed by atoms with Gasteiger partial charge in [0.1, 0.15) is 0 Å². The average molecular weight is 276 g/mol. The van der Waals surface area contributed by atoms with Gasteiger partial charge in [0, 0.05) is 17.8 Å². The summed E-state index contributed by atoms with van der Waals surface area (Å²) in [5, 5.41) is 2.66. The summed E-state index contributed by atoms with van der Waals surface area (Å²) in [6.45, 7) is 2.19. The van der Waals surface area contributed by atoms with E-state index in [1.807, 2.05) is 19.1 Å². The third-order valence-electron chi connectivity index (χ3n) is 2.97. The minimum atomic E-state index is -1.05. The van der Waals surface area contributed by atoms with Crippen molar-refractivity contribution in [1.29, 1.82) is 0 Å². The molecule has 0 atom stereocenters. The normalized spacial score (nSPS) is 10.4. The number of nitrogens with two attached hydrogens (primary N) is 1. The molecule has 0 saturated heterocycles. The van der Waals surface area contributed by atoms with Crippen LogP contribution in [0.1, 0.15) is 21.5 Å². The maximum atomic E-state index is 13.1. The first-order valence-corrected chi connectivity index (χ1v) is 6.07. The highest BCUT2D eigenvalue weighted by atomic mass is 19.2. The van der Waals surface area contributed by atoms with E-state index in [0.29, 0.717) is 12.2 Å². The van der Waals surface area contributed by atoms with E-state index in [1.54, 1.807) is 6.07 Å². The molecular formula is C15H14F2N2O. The molecule has 0 spiro atoms. The molecule has 2 aromatic rings. The van der Waals surface area contributed by atoms with E-state index in [0.717, 1.165) is 23.3 Å². The summed E-state index contributed by atoms with van der Waals surface area (Å²) in [5.74, 6) is -2.53. The lowest BCUT2D eigenvalue weighted by Crippen LogP contribution is -2.13. The Kier molecular flexibility index (Phi) is 4.10. The van der Waals surface area contributed by atoms with E-state index in [-0.39, 0.29) is 5.56 Å². The fraction of sp³-hybridized carbons (Fsp3) is 0.133. The van der Waals surface area contributed by atoms with E-state index < -0.39 is 17.5 Å². The van der Waals surface area contributed by atoms with Crippen LogP contribution >= 0.6 is 0 Å². The third-order valence-corrected chi connectivity index (χ3v) is 2.97. The van der Waals surface area contributed by atoms with Gasteiger partial charge < -0.3 is 11.1 Å². The Morgan fingerprint density at radius 3 is 2.55 bits per heavy atom. The summed E-state index contributed by atoms with van der Waals surface area (Å²) in [5.41, 5.74) is 7.93. The molecule has 0 aromatic heterocycles. The molecule has 3 N–H and O–H groups in total. The van der Waals surface area contributed by atoms with Crippen LogP contribution in [0.5, 0.6) is 0 Å². The Balaban J connectivity index is 2.25. The molecule has 5 heteroatoms. The first-order chi connectivity index (χ1) is 9.51. The number of halogens is 2. The summed E-state index contributed by atoms with van der Waals surface area (Å²) >= 11 is 0. The van der Waals surface area contributed by atoms with E-state index >= 15 is 0 Å². The van der Waals surface area contributed by atoms with Crippen molar-refractivity contribution in [2.75, 3.05) is 5.32 Å². The van der Waals surface area contributed by atoms with Crippen LogP contribution in [-0.2, 0) is 6.54 Å². The average Bonchev–Trinajstić information content (AvgIpc) is 2.44. The second-order valence-corrected chi connectivity index (χ2v) is 4.44. The molecule has 0 unspecified atom stereocenters. The fourth-order valence-corrected chi connectivity index (χ4v) is 1.76. The number of hydrogen-bond donors (Lipinski definition) is 2. The van der Waals surface area contributed by atoms with E-state index in [1.165, 1.54) is 6.07 Å². The summed E-state index contributed by atoms with van der Waals surface area (Å²) in [4.78, 5) is 12.0. The lowest BCUT2D eigenvalue weighted by Gasteiger charge is -2.10. The minimum Gasteiger partial charge on any atom is -0.326 e. The summed E-state index contributed by atoms with van der Waals surface area (Å²) in [7, 11) is 0. The summed E-state index contributed by atoms with van der Waals surface area (Å²) in [6.07, 6.45) is 0. The van der Waals surface area contributed by atoms with Crippen molar-refractivity contribution in [3.05, 3.63) is 64.7 Å². The lowest BCUT2D eigenvalue weighted by atomic mass is 10.1. The van der Waals surface area contributed by atoms with Crippen LogP contribution in [0, 0.1) is 18.6 Å². The molecule has 1 amide bonds. The molecule has 2 aromatic carbocycles. The predicted molar refractivity (Wildman–Crippen MR) is 73.4 cm³/mol. The molecule has 0 saturated carbocycles. The topological polar surface area (TPSA) is 55.1 Å². The Bertz CT molecular complexity index is 656. The molecule has 3 nitrogen and oxygen atoms in total. The number of rotatable bonds is 3. The highest BCUT2D eigenvalue weighted by Crippen LogP contribution is 2.18. The second-order valence-electron chi connectivity index (χ2n) is 4.44. The maximum absolute atomic E-state index is 13.1. The third kappa shape index (κ3) is 3.00. The fourth-order valence-electron chi connectivity index (χ4n) is 1.76. The minimum absolute atomic E-state index is 0.0569. The largest absolute Gasteiger partial charge is 0.326 e. The summed E-state index contributed by atoms with van der Waals surface area (Å²) < 4.78 is 25.9. The van der Waals surface area contributed by atoms with Crippen LogP contribution in [0.2, 0.25) is 0 Å². The van der Waals surface area contributed by atoms with Gasteiger partial charge in [-0.25, -0.2) is 8.78 Å². The standard InChI is InChI=1S/C15H14F2N2O/c1-9-2-3-10(8-18)6-14(9)19-15(20)11-4-5-12(16)13(17)7-11/h2-7H,8,18H2,1H3,(H,19,20). The zero-order chi connectivity index (χ0) is 14.7. The van der Waals surface area contributed by atoms with Gasteiger partial charge in [-0.05, 0) is 42.3 Å².